The van der Waals surface area contributed by atoms with Crippen molar-refractivity contribution in [3.63, 3.8) is 0 Å². The van der Waals surface area contributed by atoms with E-state index in [-0.39, 0.29) is 18.1 Å². The summed E-state index contributed by atoms with van der Waals surface area (Å²) in [6.07, 6.45) is 0. The topological polar surface area (TPSA) is 48.5 Å². The summed E-state index contributed by atoms with van der Waals surface area (Å²) in [6, 6.07) is 21.2. The predicted molar refractivity (Wildman–Crippen MR) is 98.3 cm³/mol. The van der Waals surface area contributed by atoms with E-state index in [1.807, 2.05) is 36.4 Å². The van der Waals surface area contributed by atoms with E-state index < -0.39 is 0 Å². The lowest BCUT2D eigenvalue weighted by Gasteiger charge is -2.19. The molecule has 1 aliphatic heterocycles. The van der Waals surface area contributed by atoms with Gasteiger partial charge in [-0.3, -0.25) is 4.99 Å². The van der Waals surface area contributed by atoms with Crippen molar-refractivity contribution in [2.45, 2.75) is 32.0 Å². The normalized spacial score (nSPS) is 19.4. The molecule has 1 aliphatic rings. The van der Waals surface area contributed by atoms with Crippen molar-refractivity contribution in [1.29, 1.82) is 0 Å². The zero-order valence-electron chi connectivity index (χ0n) is 13.7. The van der Waals surface area contributed by atoms with Crippen LogP contribution < -0.4 is 16.0 Å². The van der Waals surface area contributed by atoms with Gasteiger partial charge in [-0.05, 0) is 38.1 Å². The number of anilines is 2. The number of rotatable bonds is 6. The lowest BCUT2D eigenvalue weighted by atomic mass is 10.1. The van der Waals surface area contributed by atoms with Crippen LogP contribution in [-0.2, 0) is 0 Å². The van der Waals surface area contributed by atoms with Gasteiger partial charge in [-0.25, -0.2) is 0 Å². The molecule has 0 fully saturated rings. The van der Waals surface area contributed by atoms with E-state index in [2.05, 4.69) is 54.1 Å². The molecule has 4 heteroatoms. The van der Waals surface area contributed by atoms with Crippen molar-refractivity contribution in [2.24, 2.45) is 4.99 Å². The minimum Gasteiger partial charge on any atom is -0.380 e. The summed E-state index contributed by atoms with van der Waals surface area (Å²) in [4.78, 5) is 4.86. The number of hydrogen-bond acceptors (Lipinski definition) is 4. The minimum absolute atomic E-state index is 0.173. The largest absolute Gasteiger partial charge is 0.380 e. The Labute approximate surface area is 138 Å². The van der Waals surface area contributed by atoms with Gasteiger partial charge in [0.15, 0.2) is 0 Å². The summed E-state index contributed by atoms with van der Waals surface area (Å²) < 4.78 is 0. The third-order valence-electron chi connectivity index (χ3n) is 4.11. The van der Waals surface area contributed by atoms with E-state index in [1.54, 1.807) is 0 Å². The lowest BCUT2D eigenvalue weighted by Crippen LogP contribution is -2.36. The molecule has 0 aromatic heterocycles. The van der Waals surface area contributed by atoms with Crippen molar-refractivity contribution in [3.05, 3.63) is 60.7 Å². The molecular formula is C19H24N4. The minimum atomic E-state index is 0.173. The van der Waals surface area contributed by atoms with Gasteiger partial charge in [0.25, 0.3) is 0 Å². The third kappa shape index (κ3) is 4.03. The van der Waals surface area contributed by atoms with Gasteiger partial charge in [0, 0.05) is 24.0 Å². The zero-order chi connectivity index (χ0) is 16.1. The van der Waals surface area contributed by atoms with Gasteiger partial charge in [0.2, 0.25) is 0 Å². The molecule has 0 bridgehead atoms. The Bertz CT molecular complexity index is 639. The van der Waals surface area contributed by atoms with Gasteiger partial charge in [0.1, 0.15) is 5.84 Å². The molecule has 0 amide bonds. The van der Waals surface area contributed by atoms with Crippen LogP contribution in [0.15, 0.2) is 65.7 Å². The summed E-state index contributed by atoms with van der Waals surface area (Å²) in [7, 11) is 0. The number of nitrogens with zero attached hydrogens (tertiary/aromatic N) is 1. The summed E-state index contributed by atoms with van der Waals surface area (Å²) in [5, 5.41) is 10.4. The van der Waals surface area contributed by atoms with Crippen molar-refractivity contribution in [2.75, 3.05) is 17.2 Å². The molecule has 4 nitrogen and oxygen atoms in total. The molecule has 0 aliphatic carbocycles. The van der Waals surface area contributed by atoms with Crippen molar-refractivity contribution < 1.29 is 0 Å². The van der Waals surface area contributed by atoms with E-state index in [0.717, 1.165) is 23.8 Å². The molecule has 3 unspecified atom stereocenters. The molecule has 3 rings (SSSR count). The van der Waals surface area contributed by atoms with Gasteiger partial charge in [-0.2, -0.15) is 0 Å². The maximum absolute atomic E-state index is 4.86. The molecule has 2 aromatic rings. The fourth-order valence-corrected chi connectivity index (χ4v) is 2.78. The molecule has 120 valence electrons. The molecule has 0 saturated heterocycles. The number of hydrogen-bond donors (Lipinski definition) is 3. The molecule has 0 spiro atoms. The van der Waals surface area contributed by atoms with Crippen LogP contribution in [0.4, 0.5) is 11.4 Å². The molecule has 23 heavy (non-hydrogen) atoms. The molecule has 3 atom stereocenters. The average molecular weight is 308 g/mol. The SMILES string of the molecule is CC(Nc1ccccc1)C1=NC(C(C)Nc2ccccc2)CN1. The highest BCUT2D eigenvalue weighted by molar-refractivity contribution is 5.91. The highest BCUT2D eigenvalue weighted by atomic mass is 15.2. The van der Waals surface area contributed by atoms with E-state index in [9.17, 15) is 0 Å². The first-order chi connectivity index (χ1) is 11.2. The first-order valence-corrected chi connectivity index (χ1v) is 8.17. The Kier molecular flexibility index (Phi) is 4.81. The van der Waals surface area contributed by atoms with Crippen LogP contribution in [0.2, 0.25) is 0 Å². The standard InChI is InChI=1S/C19H24N4/c1-14(21-16-9-5-3-6-10-16)18-13-20-19(23-18)15(2)22-17-11-7-4-8-12-17/h3-12,14-15,18,21-22H,13H2,1-2H3,(H,20,23). The summed E-state index contributed by atoms with van der Waals surface area (Å²) in [5.41, 5.74) is 2.25. The highest BCUT2D eigenvalue weighted by Crippen LogP contribution is 2.14. The summed E-state index contributed by atoms with van der Waals surface area (Å²) in [5.74, 6) is 1.03. The van der Waals surface area contributed by atoms with Crippen LogP contribution in [0.5, 0.6) is 0 Å². The number of nitrogens with one attached hydrogen (secondary N) is 3. The molecule has 3 N–H and O–H groups in total. The quantitative estimate of drug-likeness (QED) is 0.767. The molecule has 2 aromatic carbocycles. The van der Waals surface area contributed by atoms with Crippen LogP contribution in [0.1, 0.15) is 13.8 Å². The first kappa shape index (κ1) is 15.4. The van der Waals surface area contributed by atoms with E-state index in [0.29, 0.717) is 0 Å². The number of benzene rings is 2. The Morgan fingerprint density at radius 2 is 1.48 bits per heavy atom. The maximum atomic E-state index is 4.86. The van der Waals surface area contributed by atoms with Crippen molar-refractivity contribution >= 4 is 17.2 Å². The maximum Gasteiger partial charge on any atom is 0.119 e. The molecular weight excluding hydrogens is 284 g/mol. The zero-order valence-corrected chi connectivity index (χ0v) is 13.7. The predicted octanol–water partition coefficient (Wildman–Crippen LogP) is 3.36. The second-order valence-corrected chi connectivity index (χ2v) is 5.99. The Morgan fingerprint density at radius 1 is 0.913 bits per heavy atom. The third-order valence-corrected chi connectivity index (χ3v) is 4.11. The fourth-order valence-electron chi connectivity index (χ4n) is 2.78. The van der Waals surface area contributed by atoms with Crippen LogP contribution in [-0.4, -0.2) is 30.5 Å². The van der Waals surface area contributed by atoms with Gasteiger partial charge in [-0.1, -0.05) is 36.4 Å². The average Bonchev–Trinajstić information content (AvgIpc) is 3.07. The van der Waals surface area contributed by atoms with Crippen LogP contribution in [0.3, 0.4) is 0 Å². The number of amidine groups is 1. The Balaban J connectivity index is 1.59. The van der Waals surface area contributed by atoms with Crippen LogP contribution in [0, 0.1) is 0 Å². The highest BCUT2D eigenvalue weighted by Gasteiger charge is 2.25. The van der Waals surface area contributed by atoms with Crippen LogP contribution >= 0.6 is 0 Å². The summed E-state index contributed by atoms with van der Waals surface area (Å²) >= 11 is 0. The Morgan fingerprint density at radius 3 is 2.09 bits per heavy atom. The molecule has 1 heterocycles. The van der Waals surface area contributed by atoms with Gasteiger partial charge in [0.05, 0.1) is 12.1 Å². The van der Waals surface area contributed by atoms with Gasteiger partial charge >= 0.3 is 0 Å². The Hall–Kier alpha value is -2.49. The monoisotopic (exact) mass is 308 g/mol. The van der Waals surface area contributed by atoms with Gasteiger partial charge < -0.3 is 16.0 Å². The van der Waals surface area contributed by atoms with Gasteiger partial charge in [-0.15, -0.1) is 0 Å². The van der Waals surface area contributed by atoms with E-state index >= 15 is 0 Å². The van der Waals surface area contributed by atoms with E-state index in [1.165, 1.54) is 0 Å². The van der Waals surface area contributed by atoms with E-state index in [4.69, 9.17) is 4.99 Å². The van der Waals surface area contributed by atoms with Crippen molar-refractivity contribution in [1.82, 2.24) is 5.32 Å². The number of para-hydroxylation sites is 2. The molecule has 0 saturated carbocycles. The smallest absolute Gasteiger partial charge is 0.119 e. The molecule has 0 radical (unpaired) electrons. The second-order valence-electron chi connectivity index (χ2n) is 5.99. The second kappa shape index (κ2) is 7.18. The lowest BCUT2D eigenvalue weighted by molar-refractivity contribution is 0.611. The fraction of sp³-hybridized carbons (Fsp3) is 0.316. The first-order valence-electron chi connectivity index (χ1n) is 8.17. The van der Waals surface area contributed by atoms with Crippen LogP contribution in [0.25, 0.3) is 0 Å². The summed E-state index contributed by atoms with van der Waals surface area (Å²) in [6.45, 7) is 5.19. The number of aliphatic imine (C=N–C) groups is 1. The van der Waals surface area contributed by atoms with Crippen molar-refractivity contribution in [3.8, 4) is 0 Å².